The van der Waals surface area contributed by atoms with Gasteiger partial charge in [-0.3, -0.25) is 0 Å². The van der Waals surface area contributed by atoms with Crippen molar-refractivity contribution in [1.29, 1.82) is 0 Å². The maximum atomic E-state index is 4.48. The maximum absolute atomic E-state index is 4.48. The Morgan fingerprint density at radius 1 is 1.29 bits per heavy atom. The summed E-state index contributed by atoms with van der Waals surface area (Å²) in [5, 5.41) is 1.08. The highest BCUT2D eigenvalue weighted by molar-refractivity contribution is 9.10. The summed E-state index contributed by atoms with van der Waals surface area (Å²) in [5.74, 6) is 2.06. The zero-order chi connectivity index (χ0) is 10.4. The summed E-state index contributed by atoms with van der Waals surface area (Å²) in [4.78, 5) is 8.81. The molecule has 0 bridgehead atoms. The molecule has 1 heterocycles. The SMILES string of the molecule is CCCSc1cc(Br)nc(CCC)n1. The summed E-state index contributed by atoms with van der Waals surface area (Å²) in [7, 11) is 0. The number of thioether (sulfide) groups is 1. The van der Waals surface area contributed by atoms with Crippen LogP contribution in [0.4, 0.5) is 0 Å². The Labute approximate surface area is 98.1 Å². The van der Waals surface area contributed by atoms with Crippen LogP contribution in [0.5, 0.6) is 0 Å². The molecule has 0 N–H and O–H groups in total. The van der Waals surface area contributed by atoms with Crippen molar-refractivity contribution in [1.82, 2.24) is 9.97 Å². The van der Waals surface area contributed by atoms with Crippen molar-refractivity contribution in [2.75, 3.05) is 5.75 Å². The van der Waals surface area contributed by atoms with E-state index in [2.05, 4.69) is 39.7 Å². The minimum atomic E-state index is 0.898. The van der Waals surface area contributed by atoms with Gasteiger partial charge >= 0.3 is 0 Å². The molecule has 78 valence electrons. The van der Waals surface area contributed by atoms with Crippen LogP contribution in [-0.2, 0) is 6.42 Å². The van der Waals surface area contributed by atoms with Gasteiger partial charge in [0, 0.05) is 12.5 Å². The highest BCUT2D eigenvalue weighted by Gasteiger charge is 2.02. The lowest BCUT2D eigenvalue weighted by molar-refractivity contribution is 0.802. The molecule has 0 saturated heterocycles. The highest BCUT2D eigenvalue weighted by Crippen LogP contribution is 2.20. The fourth-order valence-electron chi connectivity index (χ4n) is 1.06. The second-order valence-electron chi connectivity index (χ2n) is 3.04. The molecule has 0 fully saturated rings. The minimum Gasteiger partial charge on any atom is -0.227 e. The molecule has 0 aromatic carbocycles. The fourth-order valence-corrected chi connectivity index (χ4v) is 2.41. The molecule has 0 aliphatic carbocycles. The van der Waals surface area contributed by atoms with E-state index < -0.39 is 0 Å². The van der Waals surface area contributed by atoms with Gasteiger partial charge in [-0.1, -0.05) is 13.8 Å². The number of aryl methyl sites for hydroxylation is 1. The molecule has 14 heavy (non-hydrogen) atoms. The Morgan fingerprint density at radius 3 is 2.71 bits per heavy atom. The van der Waals surface area contributed by atoms with Crippen LogP contribution in [-0.4, -0.2) is 15.7 Å². The van der Waals surface area contributed by atoms with Crippen LogP contribution in [0.3, 0.4) is 0 Å². The lowest BCUT2D eigenvalue weighted by Gasteiger charge is -2.03. The van der Waals surface area contributed by atoms with Gasteiger partial charge in [0.05, 0.1) is 0 Å². The fraction of sp³-hybridized carbons (Fsp3) is 0.600. The van der Waals surface area contributed by atoms with Crippen LogP contribution in [0.25, 0.3) is 0 Å². The van der Waals surface area contributed by atoms with Gasteiger partial charge in [-0.15, -0.1) is 11.8 Å². The number of hydrogen-bond donors (Lipinski definition) is 0. The largest absolute Gasteiger partial charge is 0.227 e. The van der Waals surface area contributed by atoms with E-state index >= 15 is 0 Å². The summed E-state index contributed by atoms with van der Waals surface area (Å²) < 4.78 is 0.898. The first-order valence-electron chi connectivity index (χ1n) is 4.92. The van der Waals surface area contributed by atoms with Crippen molar-refractivity contribution in [2.45, 2.75) is 38.1 Å². The number of halogens is 1. The second-order valence-corrected chi connectivity index (χ2v) is 4.97. The van der Waals surface area contributed by atoms with Gasteiger partial charge in [-0.25, -0.2) is 9.97 Å². The van der Waals surface area contributed by atoms with Gasteiger partial charge in [0.15, 0.2) is 0 Å². The standard InChI is InChI=1S/C10H15BrN2S/c1-3-5-9-12-8(11)7-10(13-9)14-6-4-2/h7H,3-6H2,1-2H3. The summed E-state index contributed by atoms with van der Waals surface area (Å²) in [6, 6.07) is 1.99. The molecular weight excluding hydrogens is 260 g/mol. The van der Waals surface area contributed by atoms with Crippen LogP contribution in [0, 0.1) is 0 Å². The third-order valence-electron chi connectivity index (χ3n) is 1.65. The summed E-state index contributed by atoms with van der Waals surface area (Å²) >= 11 is 5.20. The summed E-state index contributed by atoms with van der Waals surface area (Å²) in [6.45, 7) is 4.32. The molecule has 0 saturated carbocycles. The van der Waals surface area contributed by atoms with Crippen molar-refractivity contribution in [3.05, 3.63) is 16.5 Å². The number of nitrogens with zero attached hydrogens (tertiary/aromatic N) is 2. The highest BCUT2D eigenvalue weighted by atomic mass is 79.9. The Hall–Kier alpha value is -0.0900. The lowest BCUT2D eigenvalue weighted by Crippen LogP contribution is -1.96. The first kappa shape index (κ1) is 12.0. The van der Waals surface area contributed by atoms with Crippen LogP contribution >= 0.6 is 27.7 Å². The van der Waals surface area contributed by atoms with E-state index in [0.717, 1.165) is 34.0 Å². The minimum absolute atomic E-state index is 0.898. The summed E-state index contributed by atoms with van der Waals surface area (Å²) in [6.07, 6.45) is 3.23. The third-order valence-corrected chi connectivity index (χ3v) is 3.17. The third kappa shape index (κ3) is 3.96. The number of hydrogen-bond acceptors (Lipinski definition) is 3. The molecule has 2 nitrogen and oxygen atoms in total. The van der Waals surface area contributed by atoms with Crippen molar-refractivity contribution < 1.29 is 0 Å². The van der Waals surface area contributed by atoms with Crippen molar-refractivity contribution >= 4 is 27.7 Å². The Bertz CT molecular complexity index is 291. The molecule has 0 spiro atoms. The predicted octanol–water partition coefficient (Wildman–Crippen LogP) is 3.69. The molecule has 1 rings (SSSR count). The quantitative estimate of drug-likeness (QED) is 0.605. The van der Waals surface area contributed by atoms with Crippen LogP contribution < -0.4 is 0 Å². The van der Waals surface area contributed by atoms with Gasteiger partial charge in [0.25, 0.3) is 0 Å². The van der Waals surface area contributed by atoms with E-state index in [-0.39, 0.29) is 0 Å². The van der Waals surface area contributed by atoms with Crippen molar-refractivity contribution in [2.24, 2.45) is 0 Å². The molecule has 4 heteroatoms. The van der Waals surface area contributed by atoms with Crippen molar-refractivity contribution in [3.63, 3.8) is 0 Å². The van der Waals surface area contributed by atoms with E-state index in [1.54, 1.807) is 11.8 Å². The Kier molecular flexibility index (Phi) is 5.48. The van der Waals surface area contributed by atoms with Gasteiger partial charge in [-0.05, 0) is 34.5 Å². The van der Waals surface area contributed by atoms with E-state index in [1.807, 2.05) is 6.07 Å². The van der Waals surface area contributed by atoms with Crippen LogP contribution in [0.1, 0.15) is 32.5 Å². The zero-order valence-corrected chi connectivity index (χ0v) is 11.0. The lowest BCUT2D eigenvalue weighted by atomic mass is 10.3. The molecule has 0 aliphatic heterocycles. The van der Waals surface area contributed by atoms with E-state index in [4.69, 9.17) is 0 Å². The van der Waals surface area contributed by atoms with E-state index in [1.165, 1.54) is 6.42 Å². The molecule has 0 unspecified atom stereocenters. The molecule has 0 atom stereocenters. The predicted molar refractivity (Wildman–Crippen MR) is 64.7 cm³/mol. The molecule has 0 radical (unpaired) electrons. The molecule has 1 aromatic rings. The van der Waals surface area contributed by atoms with Gasteiger partial charge < -0.3 is 0 Å². The number of aromatic nitrogens is 2. The average Bonchev–Trinajstić information content (AvgIpc) is 2.14. The van der Waals surface area contributed by atoms with Crippen LogP contribution in [0.15, 0.2) is 15.7 Å². The molecule has 0 aliphatic rings. The molecule has 0 amide bonds. The Morgan fingerprint density at radius 2 is 2.07 bits per heavy atom. The monoisotopic (exact) mass is 274 g/mol. The topological polar surface area (TPSA) is 25.8 Å². The van der Waals surface area contributed by atoms with Crippen LogP contribution in [0.2, 0.25) is 0 Å². The average molecular weight is 275 g/mol. The number of rotatable bonds is 5. The normalized spacial score (nSPS) is 10.5. The smallest absolute Gasteiger partial charge is 0.130 e. The summed E-state index contributed by atoms with van der Waals surface area (Å²) in [5.41, 5.74) is 0. The zero-order valence-electron chi connectivity index (χ0n) is 8.59. The van der Waals surface area contributed by atoms with Gasteiger partial charge in [0.1, 0.15) is 15.5 Å². The second kappa shape index (κ2) is 6.40. The molecular formula is C10H15BrN2S. The Balaban J connectivity index is 2.73. The van der Waals surface area contributed by atoms with Gasteiger partial charge in [-0.2, -0.15) is 0 Å². The van der Waals surface area contributed by atoms with E-state index in [0.29, 0.717) is 0 Å². The van der Waals surface area contributed by atoms with Gasteiger partial charge in [0.2, 0.25) is 0 Å². The van der Waals surface area contributed by atoms with Crippen molar-refractivity contribution in [3.8, 4) is 0 Å². The van der Waals surface area contributed by atoms with E-state index in [9.17, 15) is 0 Å². The first-order chi connectivity index (χ1) is 6.76. The maximum Gasteiger partial charge on any atom is 0.130 e. The first-order valence-corrected chi connectivity index (χ1v) is 6.70. The molecule has 1 aromatic heterocycles.